The van der Waals surface area contributed by atoms with Crippen LogP contribution in [-0.4, -0.2) is 20.5 Å². The van der Waals surface area contributed by atoms with E-state index in [-0.39, 0.29) is 23.6 Å². The summed E-state index contributed by atoms with van der Waals surface area (Å²) in [6, 6.07) is 4.77. The van der Waals surface area contributed by atoms with Gasteiger partial charge in [-0.1, -0.05) is 6.07 Å². The Balaban J connectivity index is 1.83. The molecule has 0 radical (unpaired) electrons. The van der Waals surface area contributed by atoms with Gasteiger partial charge in [0.2, 0.25) is 0 Å². The maximum absolute atomic E-state index is 11.2. The standard InChI is InChI=1S/C13H11N3O3S/c14-9-2-1-3-10(11(9)12(17)18)19-7-8-6-16-4-5-20-13(16)15-8/h1-6H,7,14H2,(H,17,18). The molecule has 0 bridgehead atoms. The van der Waals surface area contributed by atoms with E-state index in [0.717, 1.165) is 10.7 Å². The lowest BCUT2D eigenvalue weighted by Crippen LogP contribution is -2.07. The molecular weight excluding hydrogens is 278 g/mol. The third-order valence-corrected chi connectivity index (χ3v) is 3.56. The van der Waals surface area contributed by atoms with Crippen molar-refractivity contribution >= 4 is 28.0 Å². The second-order valence-electron chi connectivity index (χ2n) is 4.14. The summed E-state index contributed by atoms with van der Waals surface area (Å²) in [7, 11) is 0. The number of ether oxygens (including phenoxy) is 1. The van der Waals surface area contributed by atoms with Crippen molar-refractivity contribution in [3.05, 3.63) is 47.2 Å². The van der Waals surface area contributed by atoms with Gasteiger partial charge in [-0.05, 0) is 12.1 Å². The number of carboxylic acid groups (broad SMARTS) is 1. The smallest absolute Gasteiger partial charge is 0.341 e. The number of carbonyl (C=O) groups is 1. The van der Waals surface area contributed by atoms with Crippen LogP contribution in [-0.2, 0) is 6.61 Å². The van der Waals surface area contributed by atoms with Gasteiger partial charge in [0.15, 0.2) is 4.96 Å². The fourth-order valence-electron chi connectivity index (χ4n) is 1.89. The second kappa shape index (κ2) is 4.86. The Bertz CT molecular complexity index is 750. The summed E-state index contributed by atoms with van der Waals surface area (Å²) in [6.45, 7) is 0.193. The average Bonchev–Trinajstić information content (AvgIpc) is 2.96. The largest absolute Gasteiger partial charge is 0.486 e. The number of nitrogens with zero attached hydrogens (tertiary/aromatic N) is 2. The van der Waals surface area contributed by atoms with Crippen LogP contribution in [0.5, 0.6) is 5.75 Å². The van der Waals surface area contributed by atoms with Crippen LogP contribution in [0.1, 0.15) is 16.1 Å². The van der Waals surface area contributed by atoms with Gasteiger partial charge in [-0.2, -0.15) is 0 Å². The van der Waals surface area contributed by atoms with E-state index in [1.807, 2.05) is 22.2 Å². The van der Waals surface area contributed by atoms with Gasteiger partial charge in [0.05, 0.1) is 5.69 Å². The van der Waals surface area contributed by atoms with Crippen molar-refractivity contribution in [1.29, 1.82) is 0 Å². The number of nitrogen functional groups attached to an aromatic ring is 1. The fourth-order valence-corrected chi connectivity index (χ4v) is 2.61. The van der Waals surface area contributed by atoms with Gasteiger partial charge in [0.1, 0.15) is 17.9 Å². The van der Waals surface area contributed by atoms with Crippen molar-refractivity contribution in [1.82, 2.24) is 9.38 Å². The Kier molecular flexibility index (Phi) is 3.03. The monoisotopic (exact) mass is 289 g/mol. The van der Waals surface area contributed by atoms with Crippen molar-refractivity contribution in [2.45, 2.75) is 6.61 Å². The minimum absolute atomic E-state index is 0.0199. The van der Waals surface area contributed by atoms with Gasteiger partial charge < -0.3 is 15.6 Å². The van der Waals surface area contributed by atoms with E-state index in [1.54, 1.807) is 12.1 Å². The molecule has 2 heterocycles. The maximum Gasteiger partial charge on any atom is 0.341 e. The zero-order chi connectivity index (χ0) is 14.1. The molecule has 7 heteroatoms. The first-order valence-corrected chi connectivity index (χ1v) is 6.69. The second-order valence-corrected chi connectivity index (χ2v) is 5.01. The number of fused-ring (bicyclic) bond motifs is 1. The molecule has 0 amide bonds. The highest BCUT2D eigenvalue weighted by molar-refractivity contribution is 7.15. The number of hydrogen-bond acceptors (Lipinski definition) is 5. The van der Waals surface area contributed by atoms with E-state index in [0.29, 0.717) is 0 Å². The number of carboxylic acids is 1. The Morgan fingerprint density at radius 1 is 1.50 bits per heavy atom. The van der Waals surface area contributed by atoms with Gasteiger partial charge in [-0.25, -0.2) is 9.78 Å². The fraction of sp³-hybridized carbons (Fsp3) is 0.0769. The molecule has 0 atom stereocenters. The molecule has 20 heavy (non-hydrogen) atoms. The first kappa shape index (κ1) is 12.5. The quantitative estimate of drug-likeness (QED) is 0.719. The molecule has 0 spiro atoms. The number of nitrogens with two attached hydrogens (primary N) is 1. The van der Waals surface area contributed by atoms with E-state index < -0.39 is 5.97 Å². The number of aromatic nitrogens is 2. The molecule has 1 aromatic carbocycles. The van der Waals surface area contributed by atoms with Crippen LogP contribution in [0.25, 0.3) is 4.96 Å². The van der Waals surface area contributed by atoms with Gasteiger partial charge >= 0.3 is 5.97 Å². The molecule has 102 valence electrons. The molecule has 0 aliphatic heterocycles. The summed E-state index contributed by atoms with van der Waals surface area (Å²) in [6.07, 6.45) is 3.75. The van der Waals surface area contributed by atoms with Crippen molar-refractivity contribution in [2.24, 2.45) is 0 Å². The Labute approximate surface area is 118 Å². The molecular formula is C13H11N3O3S. The highest BCUT2D eigenvalue weighted by atomic mass is 32.1. The summed E-state index contributed by atoms with van der Waals surface area (Å²) in [4.78, 5) is 16.4. The maximum atomic E-state index is 11.2. The van der Waals surface area contributed by atoms with E-state index in [2.05, 4.69) is 4.98 Å². The van der Waals surface area contributed by atoms with Crippen LogP contribution in [0.3, 0.4) is 0 Å². The molecule has 0 aliphatic carbocycles. The van der Waals surface area contributed by atoms with Crippen LogP contribution in [0, 0.1) is 0 Å². The molecule has 0 saturated carbocycles. The predicted octanol–water partition coefficient (Wildman–Crippen LogP) is 2.26. The van der Waals surface area contributed by atoms with Gasteiger partial charge in [-0.15, -0.1) is 11.3 Å². The highest BCUT2D eigenvalue weighted by Gasteiger charge is 2.15. The molecule has 3 N–H and O–H groups in total. The number of benzene rings is 1. The molecule has 0 unspecified atom stereocenters. The third kappa shape index (κ3) is 2.19. The van der Waals surface area contributed by atoms with Crippen molar-refractivity contribution in [3.63, 3.8) is 0 Å². The Morgan fingerprint density at radius 3 is 3.10 bits per heavy atom. The first-order chi connectivity index (χ1) is 9.65. The van der Waals surface area contributed by atoms with Crippen LogP contribution in [0.4, 0.5) is 5.69 Å². The van der Waals surface area contributed by atoms with E-state index in [4.69, 9.17) is 15.6 Å². The zero-order valence-corrected chi connectivity index (χ0v) is 11.1. The molecule has 0 fully saturated rings. The summed E-state index contributed by atoms with van der Waals surface area (Å²) < 4.78 is 7.42. The summed E-state index contributed by atoms with van der Waals surface area (Å²) in [5, 5.41) is 11.1. The molecule has 0 aliphatic rings. The Morgan fingerprint density at radius 2 is 2.35 bits per heavy atom. The minimum atomic E-state index is -1.11. The normalized spacial score (nSPS) is 10.8. The molecule has 6 nitrogen and oxygen atoms in total. The van der Waals surface area contributed by atoms with E-state index in [9.17, 15) is 4.79 Å². The van der Waals surface area contributed by atoms with E-state index in [1.165, 1.54) is 17.4 Å². The zero-order valence-electron chi connectivity index (χ0n) is 10.3. The number of hydrogen-bond donors (Lipinski definition) is 2. The first-order valence-electron chi connectivity index (χ1n) is 5.81. The van der Waals surface area contributed by atoms with E-state index >= 15 is 0 Å². The molecule has 3 aromatic rings. The van der Waals surface area contributed by atoms with Crippen LogP contribution in [0.2, 0.25) is 0 Å². The van der Waals surface area contributed by atoms with Gasteiger partial charge in [0, 0.05) is 23.5 Å². The molecule has 2 aromatic heterocycles. The van der Waals surface area contributed by atoms with Crippen LogP contribution < -0.4 is 10.5 Å². The SMILES string of the molecule is Nc1cccc(OCc2cn3ccsc3n2)c1C(=O)O. The Hall–Kier alpha value is -2.54. The van der Waals surface area contributed by atoms with Crippen molar-refractivity contribution < 1.29 is 14.6 Å². The number of anilines is 1. The number of imidazole rings is 1. The predicted molar refractivity (Wildman–Crippen MR) is 75.2 cm³/mol. The lowest BCUT2D eigenvalue weighted by Gasteiger charge is -2.09. The number of rotatable bonds is 4. The molecule has 0 saturated heterocycles. The number of thiazole rings is 1. The lowest BCUT2D eigenvalue weighted by atomic mass is 10.1. The topological polar surface area (TPSA) is 89.9 Å². The van der Waals surface area contributed by atoms with Crippen LogP contribution in [0.15, 0.2) is 36.0 Å². The van der Waals surface area contributed by atoms with Gasteiger partial charge in [-0.3, -0.25) is 4.40 Å². The van der Waals surface area contributed by atoms with Crippen molar-refractivity contribution in [2.75, 3.05) is 5.73 Å². The lowest BCUT2D eigenvalue weighted by molar-refractivity contribution is 0.0693. The number of aromatic carboxylic acids is 1. The highest BCUT2D eigenvalue weighted by Crippen LogP contribution is 2.25. The summed E-state index contributed by atoms with van der Waals surface area (Å²) >= 11 is 1.52. The summed E-state index contributed by atoms with van der Waals surface area (Å²) in [5.41, 5.74) is 6.55. The third-order valence-electron chi connectivity index (χ3n) is 2.79. The summed E-state index contributed by atoms with van der Waals surface area (Å²) in [5.74, 6) is -0.863. The molecule has 3 rings (SSSR count). The van der Waals surface area contributed by atoms with Gasteiger partial charge in [0.25, 0.3) is 0 Å². The van der Waals surface area contributed by atoms with Crippen LogP contribution >= 0.6 is 11.3 Å². The average molecular weight is 289 g/mol. The van der Waals surface area contributed by atoms with Crippen molar-refractivity contribution in [3.8, 4) is 5.75 Å². The minimum Gasteiger partial charge on any atom is -0.486 e.